The van der Waals surface area contributed by atoms with Crippen LogP contribution in [0.4, 0.5) is 0 Å². The van der Waals surface area contributed by atoms with Crippen LogP contribution in [0.25, 0.3) is 0 Å². The second-order valence-electron chi connectivity index (χ2n) is 3.49. The summed E-state index contributed by atoms with van der Waals surface area (Å²) in [6, 6.07) is 8.78. The highest BCUT2D eigenvalue weighted by molar-refractivity contribution is 7.98. The fourth-order valence-electron chi connectivity index (χ4n) is 1.54. The van der Waals surface area contributed by atoms with Crippen LogP contribution in [0.3, 0.4) is 0 Å². The molecule has 0 spiro atoms. The van der Waals surface area contributed by atoms with Crippen molar-refractivity contribution in [3.63, 3.8) is 0 Å². The van der Waals surface area contributed by atoms with E-state index in [4.69, 9.17) is 4.74 Å². The van der Waals surface area contributed by atoms with Crippen LogP contribution in [0, 0.1) is 0 Å². The number of ether oxygens (including phenoxy) is 1. The molecule has 82 valence electrons. The summed E-state index contributed by atoms with van der Waals surface area (Å²) in [5.41, 5.74) is 2.99. The van der Waals surface area contributed by atoms with Crippen molar-refractivity contribution in [3.05, 3.63) is 35.4 Å². The van der Waals surface area contributed by atoms with Gasteiger partial charge in [-0.25, -0.2) is 0 Å². The van der Waals surface area contributed by atoms with E-state index >= 15 is 0 Å². The van der Waals surface area contributed by atoms with E-state index in [9.17, 15) is 0 Å². The topological polar surface area (TPSA) is 9.23 Å². The zero-order chi connectivity index (χ0) is 10.3. The van der Waals surface area contributed by atoms with Crippen LogP contribution in [0.5, 0.6) is 0 Å². The third kappa shape index (κ3) is 3.74. The lowest BCUT2D eigenvalue weighted by molar-refractivity contribution is 0.167. The number of thioether (sulfide) groups is 2. The summed E-state index contributed by atoms with van der Waals surface area (Å²) in [7, 11) is 0. The number of rotatable bonds is 0. The average Bonchev–Trinajstić information content (AvgIpc) is 2.32. The van der Waals surface area contributed by atoms with Gasteiger partial charge in [0.2, 0.25) is 0 Å². The first-order valence-corrected chi connectivity index (χ1v) is 7.58. The first kappa shape index (κ1) is 11.4. The molecule has 0 radical (unpaired) electrons. The molecule has 1 aromatic carbocycles. The summed E-state index contributed by atoms with van der Waals surface area (Å²) < 4.78 is 5.52. The van der Waals surface area contributed by atoms with Gasteiger partial charge in [-0.3, -0.25) is 0 Å². The minimum Gasteiger partial charge on any atom is -0.380 e. The van der Waals surface area contributed by atoms with Gasteiger partial charge in [0, 0.05) is 23.0 Å². The second-order valence-corrected chi connectivity index (χ2v) is 5.70. The molecule has 0 fully saturated rings. The lowest BCUT2D eigenvalue weighted by Crippen LogP contribution is -2.00. The molecule has 0 saturated carbocycles. The molecule has 0 unspecified atom stereocenters. The van der Waals surface area contributed by atoms with Gasteiger partial charge in [-0.1, -0.05) is 24.3 Å². The molecule has 0 atom stereocenters. The van der Waals surface area contributed by atoms with Crippen molar-refractivity contribution in [3.8, 4) is 0 Å². The fourth-order valence-corrected chi connectivity index (χ4v) is 3.30. The predicted molar refractivity (Wildman–Crippen MR) is 69.6 cm³/mol. The highest BCUT2D eigenvalue weighted by Crippen LogP contribution is 2.21. The van der Waals surface area contributed by atoms with E-state index in [1.807, 2.05) is 23.5 Å². The van der Waals surface area contributed by atoms with Crippen molar-refractivity contribution in [1.82, 2.24) is 0 Å². The van der Waals surface area contributed by atoms with Crippen LogP contribution >= 0.6 is 23.5 Å². The molecule has 1 aromatic rings. The van der Waals surface area contributed by atoms with Crippen LogP contribution < -0.4 is 0 Å². The fraction of sp³-hybridized carbons (Fsp3) is 0.500. The Kier molecular flexibility index (Phi) is 4.90. The molecule has 3 heteroatoms. The van der Waals surface area contributed by atoms with E-state index < -0.39 is 0 Å². The second kappa shape index (κ2) is 6.46. The summed E-state index contributed by atoms with van der Waals surface area (Å²) in [5, 5.41) is 0. The van der Waals surface area contributed by atoms with Crippen molar-refractivity contribution >= 4 is 23.5 Å². The van der Waals surface area contributed by atoms with Crippen LogP contribution in [0.15, 0.2) is 24.3 Å². The van der Waals surface area contributed by atoms with Gasteiger partial charge in [-0.05, 0) is 11.1 Å². The minimum atomic E-state index is 0.896. The van der Waals surface area contributed by atoms with Crippen molar-refractivity contribution in [1.29, 1.82) is 0 Å². The summed E-state index contributed by atoms with van der Waals surface area (Å²) >= 11 is 3.94. The van der Waals surface area contributed by atoms with E-state index in [2.05, 4.69) is 24.3 Å². The molecule has 0 N–H and O–H groups in total. The highest BCUT2D eigenvalue weighted by atomic mass is 32.2. The predicted octanol–water partition coefficient (Wildman–Crippen LogP) is 3.18. The molecule has 0 aliphatic carbocycles. The van der Waals surface area contributed by atoms with Crippen molar-refractivity contribution in [2.75, 3.05) is 24.7 Å². The Balaban J connectivity index is 2.04. The van der Waals surface area contributed by atoms with Gasteiger partial charge >= 0.3 is 0 Å². The highest BCUT2D eigenvalue weighted by Gasteiger charge is 2.03. The van der Waals surface area contributed by atoms with E-state index in [1.54, 1.807) is 0 Å². The standard InChI is InChI=1S/C12H16OS2/c1-2-4-12-10-15-8-6-13-5-7-14-9-11(12)3-1/h1-4H,5-10H2. The maximum atomic E-state index is 5.52. The van der Waals surface area contributed by atoms with Crippen LogP contribution in [-0.2, 0) is 16.2 Å². The van der Waals surface area contributed by atoms with Crippen molar-refractivity contribution < 1.29 is 4.74 Å². The zero-order valence-corrected chi connectivity index (χ0v) is 10.4. The number of fused-ring (bicyclic) bond motifs is 1. The van der Waals surface area contributed by atoms with Gasteiger partial charge < -0.3 is 4.74 Å². The lowest BCUT2D eigenvalue weighted by atomic mass is 10.1. The van der Waals surface area contributed by atoms with Gasteiger partial charge in [0.15, 0.2) is 0 Å². The van der Waals surface area contributed by atoms with Gasteiger partial charge in [-0.15, -0.1) is 0 Å². The number of benzene rings is 1. The van der Waals surface area contributed by atoms with Gasteiger partial charge in [0.1, 0.15) is 0 Å². The lowest BCUT2D eigenvalue weighted by Gasteiger charge is -2.07. The molecule has 0 amide bonds. The van der Waals surface area contributed by atoms with E-state index in [-0.39, 0.29) is 0 Å². The SMILES string of the molecule is c1ccc2c(c1)CSCCOCCSC2. The third-order valence-corrected chi connectivity index (χ3v) is 4.32. The maximum absolute atomic E-state index is 5.52. The molecule has 1 aliphatic rings. The van der Waals surface area contributed by atoms with E-state index in [0.717, 1.165) is 36.2 Å². The summed E-state index contributed by atoms with van der Waals surface area (Å²) in [6.45, 7) is 1.79. The summed E-state index contributed by atoms with van der Waals surface area (Å²) in [4.78, 5) is 0. The molecule has 15 heavy (non-hydrogen) atoms. The molecule has 0 aromatic heterocycles. The smallest absolute Gasteiger partial charge is 0.0557 e. The minimum absolute atomic E-state index is 0.896. The monoisotopic (exact) mass is 240 g/mol. The maximum Gasteiger partial charge on any atom is 0.0557 e. The quantitative estimate of drug-likeness (QED) is 0.689. The molecule has 0 bridgehead atoms. The molecular formula is C12H16OS2. The van der Waals surface area contributed by atoms with E-state index in [0.29, 0.717) is 0 Å². The third-order valence-electron chi connectivity index (χ3n) is 2.38. The Morgan fingerprint density at radius 3 is 1.93 bits per heavy atom. The van der Waals surface area contributed by atoms with Gasteiger partial charge in [0.05, 0.1) is 13.2 Å². The van der Waals surface area contributed by atoms with Crippen LogP contribution in [0.1, 0.15) is 11.1 Å². The summed E-state index contributed by atoms with van der Waals surface area (Å²) in [5.74, 6) is 4.47. The molecule has 1 heterocycles. The Bertz CT molecular complexity index is 272. The van der Waals surface area contributed by atoms with Crippen LogP contribution in [0.2, 0.25) is 0 Å². The van der Waals surface area contributed by atoms with E-state index in [1.165, 1.54) is 11.1 Å². The average molecular weight is 240 g/mol. The van der Waals surface area contributed by atoms with Gasteiger partial charge in [0.25, 0.3) is 0 Å². The molecule has 2 rings (SSSR count). The van der Waals surface area contributed by atoms with Crippen molar-refractivity contribution in [2.24, 2.45) is 0 Å². The first-order chi connectivity index (χ1) is 7.47. The Morgan fingerprint density at radius 1 is 0.867 bits per heavy atom. The molecule has 0 saturated heterocycles. The largest absolute Gasteiger partial charge is 0.380 e. The molecular weight excluding hydrogens is 224 g/mol. The normalized spacial score (nSPS) is 18.9. The zero-order valence-electron chi connectivity index (χ0n) is 8.78. The first-order valence-electron chi connectivity index (χ1n) is 5.27. The molecule has 1 aliphatic heterocycles. The summed E-state index contributed by atoms with van der Waals surface area (Å²) in [6.07, 6.45) is 0. The number of hydrogen-bond acceptors (Lipinski definition) is 3. The molecule has 1 nitrogen and oxygen atoms in total. The Labute approximate surface area is 100.0 Å². The van der Waals surface area contributed by atoms with Crippen molar-refractivity contribution in [2.45, 2.75) is 11.5 Å². The van der Waals surface area contributed by atoms with Gasteiger partial charge in [-0.2, -0.15) is 23.5 Å². The van der Waals surface area contributed by atoms with Crippen LogP contribution in [-0.4, -0.2) is 24.7 Å². The Morgan fingerprint density at radius 2 is 1.40 bits per heavy atom. The Hall–Kier alpha value is -0.120. The number of hydrogen-bond donors (Lipinski definition) is 0.